The maximum Gasteiger partial charge on any atom is 0.316 e. The van der Waals surface area contributed by atoms with Crippen molar-refractivity contribution in [1.29, 1.82) is 0 Å². The molecule has 0 amide bonds. The van der Waals surface area contributed by atoms with E-state index in [-0.39, 0.29) is 29.1 Å². The van der Waals surface area contributed by atoms with Crippen LogP contribution < -0.4 is 0 Å². The Kier molecular flexibility index (Phi) is 8.28. The average Bonchev–Trinajstić information content (AvgIpc) is 3.41. The molecule has 1 saturated carbocycles. The molecule has 0 spiro atoms. The third-order valence-corrected chi connectivity index (χ3v) is 9.29. The van der Waals surface area contributed by atoms with E-state index in [1.807, 2.05) is 17.0 Å². The number of nitrogens with zero attached hydrogens (tertiary/aromatic N) is 1. The van der Waals surface area contributed by atoms with Gasteiger partial charge in [0.15, 0.2) is 5.78 Å². The van der Waals surface area contributed by atoms with Crippen molar-refractivity contribution in [2.24, 2.45) is 23.2 Å². The van der Waals surface area contributed by atoms with Crippen LogP contribution in [0.15, 0.2) is 0 Å². The van der Waals surface area contributed by atoms with E-state index in [4.69, 9.17) is 9.47 Å². The molecule has 31 heavy (non-hydrogen) atoms. The molecule has 0 aromatic carbocycles. The van der Waals surface area contributed by atoms with Gasteiger partial charge in [-0.05, 0) is 52.9 Å². The number of aliphatic hydroxyl groups is 2. The second kappa shape index (κ2) is 9.52. The number of rotatable bonds is 2. The van der Waals surface area contributed by atoms with Crippen LogP contribution in [-0.2, 0) is 19.1 Å². The van der Waals surface area contributed by atoms with E-state index in [1.54, 1.807) is 21.0 Å². The maximum atomic E-state index is 13.2. The second-order valence-electron chi connectivity index (χ2n) is 10.4. The number of ether oxygens (including phenoxy) is 2. The Morgan fingerprint density at radius 3 is 2.29 bits per heavy atom. The lowest BCUT2D eigenvalue weighted by molar-refractivity contribution is -0.187. The summed E-state index contributed by atoms with van der Waals surface area (Å²) in [6.45, 7) is 13.6. The molecule has 7 nitrogen and oxygen atoms in total. The minimum Gasteiger partial charge on any atom is -0.459 e. The van der Waals surface area contributed by atoms with Crippen molar-refractivity contribution >= 4 is 34.6 Å². The number of aliphatic hydroxyl groups excluding tert-OH is 1. The number of cyclic esters (lactones) is 1. The minimum absolute atomic E-state index is 0.141. The number of hydrogen-bond acceptors (Lipinski definition) is 7. The summed E-state index contributed by atoms with van der Waals surface area (Å²) >= 11 is 2.18. The Bertz CT molecular complexity index is 687. The highest BCUT2D eigenvalue weighted by Crippen LogP contribution is 2.63. The number of fused-ring (bicyclic) bond motifs is 1. The van der Waals surface area contributed by atoms with Gasteiger partial charge in [-0.15, -0.1) is 0 Å². The quantitative estimate of drug-likeness (QED) is 0.235. The lowest BCUT2D eigenvalue weighted by atomic mass is 9.77. The summed E-state index contributed by atoms with van der Waals surface area (Å²) in [7, 11) is 1.68. The molecular formula is C23H40INO6. The van der Waals surface area contributed by atoms with Gasteiger partial charge in [0, 0.05) is 53.9 Å². The van der Waals surface area contributed by atoms with Crippen molar-refractivity contribution in [3.63, 3.8) is 0 Å². The van der Waals surface area contributed by atoms with Crippen LogP contribution in [0.3, 0.4) is 0 Å². The highest BCUT2D eigenvalue weighted by molar-refractivity contribution is 14.1. The zero-order chi connectivity index (χ0) is 23.9. The fourth-order valence-electron chi connectivity index (χ4n) is 5.22. The van der Waals surface area contributed by atoms with Crippen molar-refractivity contribution < 1.29 is 29.3 Å². The van der Waals surface area contributed by atoms with Gasteiger partial charge in [0.1, 0.15) is 23.7 Å². The fraction of sp³-hybridized carbons (Fsp3) is 0.913. The molecule has 2 rings (SSSR count). The van der Waals surface area contributed by atoms with E-state index in [9.17, 15) is 19.8 Å². The van der Waals surface area contributed by atoms with Gasteiger partial charge in [0.2, 0.25) is 0 Å². The van der Waals surface area contributed by atoms with Crippen molar-refractivity contribution in [3.8, 4) is 0 Å². The van der Waals surface area contributed by atoms with E-state index < -0.39 is 35.3 Å². The Hall–Kier alpha value is -0.290. The molecule has 8 heteroatoms. The van der Waals surface area contributed by atoms with Crippen LogP contribution in [0, 0.1) is 23.2 Å². The number of esters is 1. The van der Waals surface area contributed by atoms with Crippen LogP contribution in [0.25, 0.3) is 0 Å². The molecule has 2 fully saturated rings. The largest absolute Gasteiger partial charge is 0.459 e. The van der Waals surface area contributed by atoms with Crippen molar-refractivity contribution in [2.75, 3.05) is 13.7 Å². The zero-order valence-electron chi connectivity index (χ0n) is 20.1. The summed E-state index contributed by atoms with van der Waals surface area (Å²) in [5, 5.41) is 22.1. The minimum atomic E-state index is -1.66. The average molecular weight is 553 g/mol. The number of Topliss-reactive ketones (excluding diaryl/α,β-unsaturated/α-hetero) is 1. The predicted molar refractivity (Wildman–Crippen MR) is 127 cm³/mol. The van der Waals surface area contributed by atoms with Crippen molar-refractivity contribution in [3.05, 3.63) is 0 Å². The zero-order valence-corrected chi connectivity index (χ0v) is 22.3. The van der Waals surface area contributed by atoms with Gasteiger partial charge in [-0.25, -0.2) is 3.11 Å². The third kappa shape index (κ3) is 4.98. The summed E-state index contributed by atoms with van der Waals surface area (Å²) in [5.41, 5.74) is -2.53. The van der Waals surface area contributed by atoms with E-state index in [0.29, 0.717) is 19.4 Å². The Morgan fingerprint density at radius 2 is 1.77 bits per heavy atom. The molecule has 0 aromatic heterocycles. The molecule has 2 N–H and O–H groups in total. The van der Waals surface area contributed by atoms with Gasteiger partial charge >= 0.3 is 5.97 Å². The predicted octanol–water partition coefficient (Wildman–Crippen LogP) is 3.14. The molecule has 0 aromatic rings. The number of halogens is 1. The molecule has 180 valence electrons. The standard InChI is InChI=1S/C23H40INO6/c1-9-17-23(7,29)19(27)15(4)25(24)12-13(2)10-22(6,30-8)21(5)11-16(21)18(26)14(3)20(28)31-17/h13-17,19,27,29H,9-12H2,1-8H3/t13-,14-,15-,16+,17-,19-,21?,22-,23-/m1/s1. The Labute approximate surface area is 200 Å². The van der Waals surface area contributed by atoms with Crippen LogP contribution in [0.5, 0.6) is 0 Å². The number of ketones is 1. The molecule has 1 heterocycles. The van der Waals surface area contributed by atoms with E-state index in [0.717, 1.165) is 6.42 Å². The van der Waals surface area contributed by atoms with Gasteiger partial charge in [-0.3, -0.25) is 9.59 Å². The summed E-state index contributed by atoms with van der Waals surface area (Å²) in [5.74, 6) is -1.77. The molecule has 0 bridgehead atoms. The molecule has 1 aliphatic heterocycles. The first-order valence-electron chi connectivity index (χ1n) is 11.3. The maximum absolute atomic E-state index is 13.2. The summed E-state index contributed by atoms with van der Waals surface area (Å²) in [6, 6.07) is -0.381. The number of carbonyl (C=O) groups is 2. The molecule has 1 unspecified atom stereocenters. The Morgan fingerprint density at radius 1 is 1.19 bits per heavy atom. The van der Waals surface area contributed by atoms with Gasteiger partial charge in [0.25, 0.3) is 0 Å². The fourth-order valence-corrected chi connectivity index (χ4v) is 6.19. The molecule has 0 radical (unpaired) electrons. The van der Waals surface area contributed by atoms with E-state index >= 15 is 0 Å². The summed E-state index contributed by atoms with van der Waals surface area (Å²) in [6.07, 6.45) is -0.332. The molecule has 9 atom stereocenters. The monoisotopic (exact) mass is 553 g/mol. The van der Waals surface area contributed by atoms with Crippen LogP contribution in [0.4, 0.5) is 0 Å². The molecule has 2 aliphatic rings. The molecule has 1 aliphatic carbocycles. The van der Waals surface area contributed by atoms with Crippen LogP contribution in [0.1, 0.15) is 67.7 Å². The lowest BCUT2D eigenvalue weighted by Crippen LogP contribution is -2.58. The first-order valence-corrected chi connectivity index (χ1v) is 12.2. The first kappa shape index (κ1) is 27.0. The summed E-state index contributed by atoms with van der Waals surface area (Å²) < 4.78 is 13.6. The highest BCUT2D eigenvalue weighted by atomic mass is 127. The van der Waals surface area contributed by atoms with Crippen LogP contribution in [-0.4, -0.2) is 68.2 Å². The van der Waals surface area contributed by atoms with E-state index in [1.165, 1.54) is 6.92 Å². The van der Waals surface area contributed by atoms with E-state index in [2.05, 4.69) is 36.7 Å². The van der Waals surface area contributed by atoms with Gasteiger partial charge in [-0.2, -0.15) is 0 Å². The first-order chi connectivity index (χ1) is 14.2. The lowest BCUT2D eigenvalue weighted by Gasteiger charge is -2.41. The number of methoxy groups -OCH3 is 1. The normalized spacial score (nSPS) is 48.4. The van der Waals surface area contributed by atoms with Crippen LogP contribution in [0.2, 0.25) is 0 Å². The second-order valence-corrected chi connectivity index (χ2v) is 11.6. The number of carbonyl (C=O) groups excluding carboxylic acids is 2. The summed E-state index contributed by atoms with van der Waals surface area (Å²) in [4.78, 5) is 26.0. The third-order valence-electron chi connectivity index (χ3n) is 8.02. The highest BCUT2D eigenvalue weighted by Gasteiger charge is 2.65. The van der Waals surface area contributed by atoms with Gasteiger partial charge in [0.05, 0.1) is 5.60 Å². The van der Waals surface area contributed by atoms with Crippen LogP contribution >= 0.6 is 22.9 Å². The molecule has 1 saturated heterocycles. The SMILES string of the molecule is CC[C@H]1OC(=O)[C@H](C)C(=O)[C@@H]2CC2(C)[C@](C)(OC)C[C@@H](C)CN(I)[C@H](C)[C@@H](O)[C@]1(C)O. The van der Waals surface area contributed by atoms with Crippen molar-refractivity contribution in [1.82, 2.24) is 3.11 Å². The van der Waals surface area contributed by atoms with Gasteiger partial charge < -0.3 is 19.7 Å². The van der Waals surface area contributed by atoms with Gasteiger partial charge in [-0.1, -0.05) is 20.8 Å². The topological polar surface area (TPSA) is 96.3 Å². The Balaban J connectivity index is 2.45. The smallest absolute Gasteiger partial charge is 0.316 e. The molecular weight excluding hydrogens is 513 g/mol. The van der Waals surface area contributed by atoms with Crippen molar-refractivity contribution in [2.45, 2.75) is 97.2 Å². The number of hydrogen-bond donors (Lipinski definition) is 2.